The Morgan fingerprint density at radius 1 is 1.13 bits per heavy atom. The van der Waals surface area contributed by atoms with Crippen molar-refractivity contribution in [1.82, 2.24) is 0 Å². The first-order valence-corrected chi connectivity index (χ1v) is 6.28. The van der Waals surface area contributed by atoms with Crippen LogP contribution in [0.15, 0.2) is 16.6 Å². The number of hydrogen-bond donors (Lipinski definition) is 0. The van der Waals surface area contributed by atoms with Crippen molar-refractivity contribution in [2.45, 2.75) is 39.5 Å². The first-order chi connectivity index (χ1) is 7.22. The summed E-state index contributed by atoms with van der Waals surface area (Å²) < 4.78 is 1.14. The predicted molar refractivity (Wildman–Crippen MR) is 67.5 cm³/mol. The first kappa shape index (κ1) is 12.4. The fraction of sp³-hybridized carbons (Fsp3) is 0.462. The predicted octanol–water partition coefficient (Wildman–Crippen LogP) is 4.17. The minimum Gasteiger partial charge on any atom is -0.298 e. The quantitative estimate of drug-likeness (QED) is 0.733. The zero-order valence-corrected chi connectivity index (χ0v) is 10.9. The van der Waals surface area contributed by atoms with Crippen molar-refractivity contribution in [3.05, 3.63) is 33.3 Å². The van der Waals surface area contributed by atoms with Crippen LogP contribution in [0, 0.1) is 0 Å². The van der Waals surface area contributed by atoms with E-state index in [9.17, 15) is 4.79 Å². The Kier molecular flexibility index (Phi) is 5.03. The van der Waals surface area contributed by atoms with Gasteiger partial charge in [-0.3, -0.25) is 4.79 Å². The summed E-state index contributed by atoms with van der Waals surface area (Å²) in [4.78, 5) is 11.0. The Morgan fingerprint density at radius 3 is 2.27 bits per heavy atom. The maximum absolute atomic E-state index is 11.0. The van der Waals surface area contributed by atoms with Gasteiger partial charge in [0.1, 0.15) is 6.29 Å². The third kappa shape index (κ3) is 3.16. The summed E-state index contributed by atoms with van der Waals surface area (Å²) in [6, 6.07) is 4.11. The summed E-state index contributed by atoms with van der Waals surface area (Å²) >= 11 is 3.57. The van der Waals surface area contributed by atoms with Crippen LogP contribution in [0.2, 0.25) is 0 Å². The molecule has 0 aliphatic carbocycles. The molecule has 2 heteroatoms. The summed E-state index contributed by atoms with van der Waals surface area (Å²) in [5.74, 6) is 0. The van der Waals surface area contributed by atoms with Crippen LogP contribution in [0.5, 0.6) is 0 Å². The van der Waals surface area contributed by atoms with Gasteiger partial charge in [0.25, 0.3) is 0 Å². The van der Waals surface area contributed by atoms with E-state index in [0.29, 0.717) is 0 Å². The summed E-state index contributed by atoms with van der Waals surface area (Å²) in [5.41, 5.74) is 3.24. The van der Waals surface area contributed by atoms with Crippen LogP contribution < -0.4 is 0 Å². The molecule has 1 aromatic rings. The molecule has 0 saturated carbocycles. The van der Waals surface area contributed by atoms with Crippen molar-refractivity contribution in [1.29, 1.82) is 0 Å². The molecule has 0 spiro atoms. The summed E-state index contributed by atoms with van der Waals surface area (Å²) in [6.45, 7) is 4.27. The van der Waals surface area contributed by atoms with Gasteiger partial charge in [0.2, 0.25) is 0 Å². The van der Waals surface area contributed by atoms with E-state index < -0.39 is 0 Å². The summed E-state index contributed by atoms with van der Waals surface area (Å²) in [6.07, 6.45) is 5.13. The van der Waals surface area contributed by atoms with Crippen molar-refractivity contribution in [2.24, 2.45) is 0 Å². The van der Waals surface area contributed by atoms with Gasteiger partial charge in [0, 0.05) is 10.0 Å². The molecule has 0 atom stereocenters. The van der Waals surface area contributed by atoms with E-state index >= 15 is 0 Å². The largest absolute Gasteiger partial charge is 0.298 e. The van der Waals surface area contributed by atoms with Gasteiger partial charge >= 0.3 is 0 Å². The van der Waals surface area contributed by atoms with E-state index in [1.54, 1.807) is 0 Å². The highest BCUT2D eigenvalue weighted by atomic mass is 79.9. The van der Waals surface area contributed by atoms with Gasteiger partial charge in [-0.2, -0.15) is 0 Å². The highest BCUT2D eigenvalue weighted by Gasteiger charge is 2.06. The zero-order chi connectivity index (χ0) is 11.3. The normalized spacial score (nSPS) is 10.3. The fourth-order valence-corrected chi connectivity index (χ4v) is 2.32. The van der Waals surface area contributed by atoms with Gasteiger partial charge in [0.05, 0.1) is 0 Å². The molecule has 1 nitrogen and oxygen atoms in total. The fourth-order valence-electron chi connectivity index (χ4n) is 1.73. The highest BCUT2D eigenvalue weighted by molar-refractivity contribution is 9.10. The van der Waals surface area contributed by atoms with Gasteiger partial charge in [0.15, 0.2) is 0 Å². The average Bonchev–Trinajstić information content (AvgIpc) is 2.22. The van der Waals surface area contributed by atoms with Crippen molar-refractivity contribution >= 4 is 22.2 Å². The molecule has 0 radical (unpaired) electrons. The number of aldehydes is 1. The monoisotopic (exact) mass is 268 g/mol. The van der Waals surface area contributed by atoms with Crippen molar-refractivity contribution in [3.63, 3.8) is 0 Å². The van der Waals surface area contributed by atoms with Crippen molar-refractivity contribution < 1.29 is 4.79 Å². The van der Waals surface area contributed by atoms with Crippen LogP contribution in [-0.4, -0.2) is 6.29 Å². The Balaban J connectivity index is 3.10. The third-order valence-electron chi connectivity index (χ3n) is 2.47. The van der Waals surface area contributed by atoms with Gasteiger partial charge in [-0.15, -0.1) is 0 Å². The topological polar surface area (TPSA) is 17.1 Å². The van der Waals surface area contributed by atoms with E-state index in [1.807, 2.05) is 6.07 Å². The number of carbonyl (C=O) groups is 1. The molecule has 0 aliphatic heterocycles. The number of rotatable bonds is 5. The molecule has 1 rings (SSSR count). The Bertz CT molecular complexity index is 345. The molecule has 82 valence electrons. The van der Waals surface area contributed by atoms with Crippen LogP contribution in [0.25, 0.3) is 0 Å². The molecule has 0 bridgehead atoms. The average molecular weight is 269 g/mol. The lowest BCUT2D eigenvalue weighted by atomic mass is 9.99. The number of benzene rings is 1. The molecule has 0 aliphatic rings. The van der Waals surface area contributed by atoms with Gasteiger partial charge in [-0.25, -0.2) is 0 Å². The van der Waals surface area contributed by atoms with Crippen LogP contribution in [0.1, 0.15) is 48.2 Å². The lowest BCUT2D eigenvalue weighted by molar-refractivity contribution is 0.112. The number of hydrogen-bond acceptors (Lipinski definition) is 1. The Hall–Kier alpha value is -0.630. The van der Waals surface area contributed by atoms with Crippen LogP contribution in [0.4, 0.5) is 0 Å². The molecule has 0 aromatic heterocycles. The van der Waals surface area contributed by atoms with E-state index in [1.165, 1.54) is 5.56 Å². The van der Waals surface area contributed by atoms with E-state index in [4.69, 9.17) is 0 Å². The molecule has 0 heterocycles. The van der Waals surface area contributed by atoms with Crippen LogP contribution >= 0.6 is 15.9 Å². The van der Waals surface area contributed by atoms with E-state index in [2.05, 4.69) is 35.8 Å². The number of carbonyl (C=O) groups excluding carboxylic acids is 1. The molecular weight excluding hydrogens is 252 g/mol. The number of halogens is 1. The SMILES string of the molecule is CCCc1cc(C=O)c(CCC)cc1Br. The maximum Gasteiger partial charge on any atom is 0.150 e. The lowest BCUT2D eigenvalue weighted by Gasteiger charge is -2.09. The molecule has 15 heavy (non-hydrogen) atoms. The molecule has 0 fully saturated rings. The number of aryl methyl sites for hydroxylation is 2. The van der Waals surface area contributed by atoms with Gasteiger partial charge in [-0.1, -0.05) is 42.6 Å². The first-order valence-electron chi connectivity index (χ1n) is 5.49. The third-order valence-corrected chi connectivity index (χ3v) is 3.21. The summed E-state index contributed by atoms with van der Waals surface area (Å²) in [5, 5.41) is 0. The summed E-state index contributed by atoms with van der Waals surface area (Å²) in [7, 11) is 0. The Labute approximate surface area is 100 Å². The van der Waals surface area contributed by atoms with Crippen LogP contribution in [-0.2, 0) is 12.8 Å². The van der Waals surface area contributed by atoms with Gasteiger partial charge < -0.3 is 0 Å². The molecule has 0 amide bonds. The smallest absolute Gasteiger partial charge is 0.150 e. The molecule has 0 unspecified atom stereocenters. The molecule has 1 aromatic carbocycles. The minimum absolute atomic E-state index is 0.850. The second-order valence-corrected chi connectivity index (χ2v) is 4.61. The van der Waals surface area contributed by atoms with E-state index in [0.717, 1.165) is 47.6 Å². The van der Waals surface area contributed by atoms with Crippen molar-refractivity contribution in [2.75, 3.05) is 0 Å². The maximum atomic E-state index is 11.0. The van der Waals surface area contributed by atoms with Gasteiger partial charge in [-0.05, 0) is 36.1 Å². The van der Waals surface area contributed by atoms with E-state index in [-0.39, 0.29) is 0 Å². The second-order valence-electron chi connectivity index (χ2n) is 3.76. The molecule has 0 N–H and O–H groups in total. The standard InChI is InChI=1S/C13H17BrO/c1-3-5-10-8-13(14)11(6-4-2)7-12(10)9-15/h7-9H,3-6H2,1-2H3. The molecule has 0 saturated heterocycles. The van der Waals surface area contributed by atoms with Crippen molar-refractivity contribution in [3.8, 4) is 0 Å². The second kappa shape index (κ2) is 6.06. The van der Waals surface area contributed by atoms with Crippen LogP contribution in [0.3, 0.4) is 0 Å². The highest BCUT2D eigenvalue weighted by Crippen LogP contribution is 2.23. The minimum atomic E-state index is 0.850. The lowest BCUT2D eigenvalue weighted by Crippen LogP contribution is -1.96. The zero-order valence-electron chi connectivity index (χ0n) is 9.35. The Morgan fingerprint density at radius 2 is 1.73 bits per heavy atom. The molecular formula is C13H17BrO.